The number of nitrogens with zero attached hydrogens (tertiary/aromatic N) is 1. The Kier molecular flexibility index (Phi) is 1.40. The third-order valence-corrected chi connectivity index (χ3v) is 1.86. The summed E-state index contributed by atoms with van der Waals surface area (Å²) in [6.45, 7) is 0. The van der Waals surface area contributed by atoms with E-state index in [0.29, 0.717) is 8.81 Å². The van der Waals surface area contributed by atoms with Crippen LogP contribution >= 0.6 is 8.81 Å². The van der Waals surface area contributed by atoms with Crippen LogP contribution in [0.5, 0.6) is 5.75 Å². The van der Waals surface area contributed by atoms with Crippen LogP contribution in [0.4, 0.5) is 5.69 Å². The average molecular weight is 151 g/mol. The summed E-state index contributed by atoms with van der Waals surface area (Å²) >= 11 is 0. The molecule has 0 saturated heterocycles. The normalized spacial score (nSPS) is 16.4. The summed E-state index contributed by atoms with van der Waals surface area (Å²) < 4.78 is 5.30. The Morgan fingerprint density at radius 2 is 2.20 bits per heavy atom. The van der Waals surface area contributed by atoms with Crippen LogP contribution in [0.25, 0.3) is 0 Å². The van der Waals surface area contributed by atoms with Crippen molar-refractivity contribution in [2.75, 3.05) is 0 Å². The maximum atomic E-state index is 5.30. The minimum atomic E-state index is 0.377. The third-order valence-electron chi connectivity index (χ3n) is 1.29. The minimum absolute atomic E-state index is 0.377. The van der Waals surface area contributed by atoms with E-state index < -0.39 is 0 Å². The second-order valence-electron chi connectivity index (χ2n) is 1.95. The highest BCUT2D eigenvalue weighted by Crippen LogP contribution is 2.34. The van der Waals surface area contributed by atoms with E-state index in [4.69, 9.17) is 4.52 Å². The Labute approximate surface area is 60.8 Å². The molecule has 0 fully saturated rings. The van der Waals surface area contributed by atoms with Gasteiger partial charge >= 0.3 is 0 Å². The fraction of sp³-hybridized carbons (Fsp3) is 0. The monoisotopic (exact) mass is 151 g/mol. The Morgan fingerprint density at radius 1 is 1.30 bits per heavy atom. The van der Waals surface area contributed by atoms with Crippen LogP contribution in [-0.4, -0.2) is 5.96 Å². The van der Waals surface area contributed by atoms with Crippen molar-refractivity contribution < 1.29 is 4.52 Å². The van der Waals surface area contributed by atoms with Crippen molar-refractivity contribution in [3.05, 3.63) is 24.3 Å². The van der Waals surface area contributed by atoms with E-state index in [1.807, 2.05) is 24.3 Å². The van der Waals surface area contributed by atoms with Gasteiger partial charge in [-0.3, -0.25) is 0 Å². The maximum absolute atomic E-state index is 5.30. The lowest BCUT2D eigenvalue weighted by Gasteiger charge is -2.08. The van der Waals surface area contributed by atoms with E-state index in [1.54, 1.807) is 5.96 Å². The van der Waals surface area contributed by atoms with Gasteiger partial charge in [-0.15, -0.1) is 0 Å². The number of para-hydroxylation sites is 2. The Balaban J connectivity index is 2.54. The number of hydrogen-bond acceptors (Lipinski definition) is 2. The highest BCUT2D eigenvalue weighted by Gasteiger charge is 2.02. The standard InChI is InChI=1S/C7H6NOP/c1-2-4-7-6(3-1)8-5-10-9-7/h1-5,10H. The molecule has 1 aromatic carbocycles. The van der Waals surface area contributed by atoms with Crippen molar-refractivity contribution in [1.82, 2.24) is 0 Å². The van der Waals surface area contributed by atoms with Crippen molar-refractivity contribution in [2.45, 2.75) is 0 Å². The molecule has 2 nitrogen and oxygen atoms in total. The van der Waals surface area contributed by atoms with Crippen LogP contribution in [0.1, 0.15) is 0 Å². The Morgan fingerprint density at radius 3 is 3.10 bits per heavy atom. The number of rotatable bonds is 0. The predicted molar refractivity (Wildman–Crippen MR) is 43.5 cm³/mol. The van der Waals surface area contributed by atoms with Crippen LogP contribution in [0.15, 0.2) is 29.3 Å². The average Bonchev–Trinajstić information content (AvgIpc) is 2.05. The molecule has 0 radical (unpaired) electrons. The van der Waals surface area contributed by atoms with E-state index in [9.17, 15) is 0 Å². The fourth-order valence-electron chi connectivity index (χ4n) is 0.836. The molecule has 0 aliphatic carbocycles. The van der Waals surface area contributed by atoms with Crippen LogP contribution in [0.3, 0.4) is 0 Å². The predicted octanol–water partition coefficient (Wildman–Crippen LogP) is 2.33. The molecule has 0 N–H and O–H groups in total. The summed E-state index contributed by atoms with van der Waals surface area (Å²) in [5.41, 5.74) is 0.932. The molecular weight excluding hydrogens is 145 g/mol. The van der Waals surface area contributed by atoms with E-state index in [-0.39, 0.29) is 0 Å². The molecule has 1 atom stereocenters. The van der Waals surface area contributed by atoms with Gasteiger partial charge in [0.25, 0.3) is 0 Å². The highest BCUT2D eigenvalue weighted by atomic mass is 31.1. The second-order valence-corrected chi connectivity index (χ2v) is 2.64. The third kappa shape index (κ3) is 0.910. The first-order valence-corrected chi connectivity index (χ1v) is 3.99. The summed E-state index contributed by atoms with van der Waals surface area (Å²) in [6, 6.07) is 7.77. The summed E-state index contributed by atoms with van der Waals surface area (Å²) in [7, 11) is 0.377. The molecule has 1 unspecified atom stereocenters. The molecule has 1 aliphatic rings. The number of aliphatic imine (C=N–C) groups is 1. The highest BCUT2D eigenvalue weighted by molar-refractivity contribution is 7.51. The van der Waals surface area contributed by atoms with Crippen molar-refractivity contribution in [1.29, 1.82) is 0 Å². The quantitative estimate of drug-likeness (QED) is 0.521. The lowest BCUT2D eigenvalue weighted by Crippen LogP contribution is -1.83. The van der Waals surface area contributed by atoms with Crippen LogP contribution < -0.4 is 4.52 Å². The second kappa shape index (κ2) is 2.39. The summed E-state index contributed by atoms with van der Waals surface area (Å²) in [4.78, 5) is 4.16. The molecular formula is C7H6NOP. The molecule has 0 bridgehead atoms. The minimum Gasteiger partial charge on any atom is -0.469 e. The molecule has 0 amide bonds. The lowest BCUT2D eigenvalue weighted by molar-refractivity contribution is 0.639. The molecule has 2 rings (SSSR count). The van der Waals surface area contributed by atoms with Gasteiger partial charge in [-0.2, -0.15) is 0 Å². The zero-order valence-corrected chi connectivity index (χ0v) is 6.24. The van der Waals surface area contributed by atoms with Crippen LogP contribution in [-0.2, 0) is 0 Å². The Bertz CT molecular complexity index is 272. The van der Waals surface area contributed by atoms with Crippen molar-refractivity contribution in [2.24, 2.45) is 4.99 Å². The van der Waals surface area contributed by atoms with Gasteiger partial charge in [-0.05, 0) is 12.1 Å². The Hall–Kier alpha value is -0.880. The molecule has 1 aromatic rings. The van der Waals surface area contributed by atoms with Gasteiger partial charge in [0.2, 0.25) is 0 Å². The molecule has 3 heteroatoms. The first-order valence-electron chi connectivity index (χ1n) is 3.01. The maximum Gasteiger partial charge on any atom is 0.149 e. The molecule has 1 heterocycles. The first-order chi connectivity index (χ1) is 4.97. The molecule has 50 valence electrons. The van der Waals surface area contributed by atoms with Crippen molar-refractivity contribution in [3.8, 4) is 5.75 Å². The van der Waals surface area contributed by atoms with E-state index in [2.05, 4.69) is 4.99 Å². The van der Waals surface area contributed by atoms with Crippen LogP contribution in [0.2, 0.25) is 0 Å². The summed E-state index contributed by atoms with van der Waals surface area (Å²) in [6.07, 6.45) is 0. The van der Waals surface area contributed by atoms with Gasteiger partial charge in [-0.1, -0.05) is 12.1 Å². The van der Waals surface area contributed by atoms with Crippen molar-refractivity contribution >= 4 is 20.5 Å². The van der Waals surface area contributed by atoms with Gasteiger partial charge in [0.05, 0.1) is 5.96 Å². The number of hydrogen-bond donors (Lipinski definition) is 0. The smallest absolute Gasteiger partial charge is 0.149 e. The zero-order valence-electron chi connectivity index (χ0n) is 5.24. The van der Waals surface area contributed by atoms with Gasteiger partial charge in [-0.25, -0.2) is 4.99 Å². The summed E-state index contributed by atoms with van der Waals surface area (Å²) in [5.74, 6) is 2.69. The van der Waals surface area contributed by atoms with E-state index >= 15 is 0 Å². The van der Waals surface area contributed by atoms with Crippen LogP contribution in [0, 0.1) is 0 Å². The van der Waals surface area contributed by atoms with Gasteiger partial charge in [0.15, 0.2) is 0 Å². The van der Waals surface area contributed by atoms with Gasteiger partial charge in [0, 0.05) is 0 Å². The van der Waals surface area contributed by atoms with Crippen molar-refractivity contribution in [3.63, 3.8) is 0 Å². The SMILES string of the molecule is C1=Nc2ccccc2OP1. The topological polar surface area (TPSA) is 21.6 Å². The zero-order chi connectivity index (χ0) is 6.81. The molecule has 1 aliphatic heterocycles. The molecule has 0 spiro atoms. The number of benzene rings is 1. The first kappa shape index (κ1) is 5.87. The lowest BCUT2D eigenvalue weighted by atomic mass is 10.3. The molecule has 0 saturated carbocycles. The number of fused-ring (bicyclic) bond motifs is 1. The van der Waals surface area contributed by atoms with Gasteiger partial charge in [0.1, 0.15) is 20.2 Å². The molecule has 0 aromatic heterocycles. The largest absolute Gasteiger partial charge is 0.469 e. The van der Waals surface area contributed by atoms with E-state index in [1.165, 1.54) is 0 Å². The fourth-order valence-corrected chi connectivity index (χ4v) is 1.38. The molecule has 10 heavy (non-hydrogen) atoms. The van der Waals surface area contributed by atoms with Gasteiger partial charge < -0.3 is 4.52 Å². The summed E-state index contributed by atoms with van der Waals surface area (Å²) in [5, 5.41) is 0. The van der Waals surface area contributed by atoms with E-state index in [0.717, 1.165) is 11.4 Å².